The van der Waals surface area contributed by atoms with Gasteiger partial charge in [-0.2, -0.15) is 0 Å². The number of hydrogen-bond donors (Lipinski definition) is 2. The third-order valence-corrected chi connectivity index (χ3v) is 1.15. The maximum absolute atomic E-state index is 4.92. The molecule has 0 aliphatic rings. The average molecular weight is 292 g/mol. The molecule has 2 nitrogen and oxygen atoms in total. The second kappa shape index (κ2) is 53.6. The lowest BCUT2D eigenvalue weighted by Crippen LogP contribution is -2.83. The van der Waals surface area contributed by atoms with Crippen LogP contribution < -0.4 is 11.1 Å². The van der Waals surface area contributed by atoms with Gasteiger partial charge < -0.3 is 11.1 Å². The molecule has 20 heavy (non-hydrogen) atoms. The molecule has 0 aromatic heterocycles. The first-order valence-electron chi connectivity index (χ1n) is 5.50. The predicted octanol–water partition coefficient (Wildman–Crippen LogP) is -0.309. The first-order chi connectivity index (χ1) is 9.16. The summed E-state index contributed by atoms with van der Waals surface area (Å²) < 4.78 is 0. The molecule has 0 aliphatic heterocycles. The fourth-order valence-corrected chi connectivity index (χ4v) is 0.239. The molecule has 0 heterocycles. The largest absolute Gasteiger partial charge is 0.326 e. The van der Waals surface area contributed by atoms with Crippen molar-refractivity contribution in [1.82, 2.24) is 0 Å². The van der Waals surface area contributed by atoms with Crippen LogP contribution in [0.5, 0.6) is 0 Å². The van der Waals surface area contributed by atoms with Gasteiger partial charge in [-0.25, -0.2) is 0 Å². The Labute approximate surface area is 132 Å². The SMILES string of the molecule is C.C#CCC.C#CCN.C#CC[NH2+]CC#C.C#CC[SH2+]. The summed E-state index contributed by atoms with van der Waals surface area (Å²) in [6, 6.07) is 0. The Morgan fingerprint density at radius 1 is 0.900 bits per heavy atom. The molecule has 3 heteroatoms. The van der Waals surface area contributed by atoms with Crippen LogP contribution in [-0.4, -0.2) is 25.4 Å². The molecule has 0 atom stereocenters. The molecular weight excluding hydrogens is 264 g/mol. The Balaban J connectivity index is -0.0000000512. The Bertz CT molecular complexity index is 292. The molecule has 0 bridgehead atoms. The van der Waals surface area contributed by atoms with E-state index >= 15 is 0 Å². The third-order valence-electron chi connectivity index (χ3n) is 0.948. The Hall–Kier alpha value is -1.93. The van der Waals surface area contributed by atoms with E-state index in [0.717, 1.165) is 6.42 Å². The van der Waals surface area contributed by atoms with Gasteiger partial charge in [-0.05, 0) is 24.5 Å². The van der Waals surface area contributed by atoms with E-state index < -0.39 is 0 Å². The average Bonchev–Trinajstić information content (AvgIpc) is 2.48. The van der Waals surface area contributed by atoms with Gasteiger partial charge in [0, 0.05) is 6.42 Å². The molecule has 0 saturated heterocycles. The smallest absolute Gasteiger partial charge is 0.163 e. The molecular formula is C17H28N2S+2. The van der Waals surface area contributed by atoms with Crippen LogP contribution >= 0.6 is 0 Å². The zero-order valence-electron chi connectivity index (χ0n) is 11.6. The zero-order valence-corrected chi connectivity index (χ0v) is 12.6. The second-order valence-corrected chi connectivity index (χ2v) is 2.81. The zero-order chi connectivity index (χ0) is 15.8. The molecule has 0 unspecified atom stereocenters. The van der Waals surface area contributed by atoms with Gasteiger partial charge in [0.15, 0.2) is 5.75 Å². The van der Waals surface area contributed by atoms with Crippen molar-refractivity contribution in [3.05, 3.63) is 0 Å². The fraction of sp³-hybridized carbons (Fsp3) is 0.412. The molecule has 0 aliphatic carbocycles. The van der Waals surface area contributed by atoms with Crippen LogP contribution in [0.3, 0.4) is 0 Å². The third kappa shape index (κ3) is 142. The van der Waals surface area contributed by atoms with Gasteiger partial charge in [0.05, 0.1) is 6.54 Å². The minimum absolute atomic E-state index is 0. The van der Waals surface area contributed by atoms with Crippen LogP contribution in [0.15, 0.2) is 0 Å². The second-order valence-electron chi connectivity index (χ2n) is 2.45. The maximum atomic E-state index is 4.92. The van der Waals surface area contributed by atoms with Gasteiger partial charge in [0.2, 0.25) is 0 Å². The summed E-state index contributed by atoms with van der Waals surface area (Å²) >= 11 is 3.05. The lowest BCUT2D eigenvalue weighted by atomic mass is 10.5. The van der Waals surface area contributed by atoms with Crippen molar-refractivity contribution < 1.29 is 5.32 Å². The minimum Gasteiger partial charge on any atom is -0.326 e. The van der Waals surface area contributed by atoms with E-state index in [1.807, 2.05) is 12.2 Å². The van der Waals surface area contributed by atoms with Crippen LogP contribution in [0, 0.1) is 61.7 Å². The summed E-state index contributed by atoms with van der Waals surface area (Å²) in [6.45, 7) is 3.66. The van der Waals surface area contributed by atoms with Gasteiger partial charge >= 0.3 is 0 Å². The van der Waals surface area contributed by atoms with Crippen LogP contribution in [0.1, 0.15) is 20.8 Å². The monoisotopic (exact) mass is 292 g/mol. The van der Waals surface area contributed by atoms with Crippen molar-refractivity contribution in [3.8, 4) is 61.7 Å². The van der Waals surface area contributed by atoms with Crippen LogP contribution in [0.2, 0.25) is 0 Å². The standard InChI is InChI=1S/C6H7N.C4H6.C3H5N.C3H4S.CH4/c1-3-5-7-6-4-2;1-3-4-2;2*1-2-3-4;/h1-2,7H,5-6H2;1H,4H2,2H3;1H,3-4H2;1,4H,3H2;1H4/p+2. The molecule has 0 fully saturated rings. The quantitative estimate of drug-likeness (QED) is 0.409. The summed E-state index contributed by atoms with van der Waals surface area (Å²) in [5, 5.41) is 1.89. The molecule has 0 amide bonds. The van der Waals surface area contributed by atoms with E-state index in [1.54, 1.807) is 0 Å². The van der Waals surface area contributed by atoms with Crippen molar-refractivity contribution in [1.29, 1.82) is 0 Å². The number of quaternary nitrogens is 1. The normalized spacial score (nSPS) is 5.30. The Kier molecular flexibility index (Phi) is 82.6. The van der Waals surface area contributed by atoms with E-state index in [0.29, 0.717) is 25.4 Å². The molecule has 0 saturated carbocycles. The van der Waals surface area contributed by atoms with Crippen molar-refractivity contribution in [3.63, 3.8) is 0 Å². The molecule has 0 spiro atoms. The summed E-state index contributed by atoms with van der Waals surface area (Å²) in [5.41, 5.74) is 4.79. The molecule has 110 valence electrons. The van der Waals surface area contributed by atoms with Crippen LogP contribution in [-0.2, 0) is 12.6 Å². The predicted molar refractivity (Wildman–Crippen MR) is 96.9 cm³/mol. The van der Waals surface area contributed by atoms with Gasteiger partial charge in [0.25, 0.3) is 0 Å². The minimum atomic E-state index is 0. The molecule has 0 radical (unpaired) electrons. The van der Waals surface area contributed by atoms with E-state index in [1.165, 1.54) is 0 Å². The fourth-order valence-electron chi connectivity index (χ4n) is 0.239. The van der Waals surface area contributed by atoms with E-state index in [9.17, 15) is 0 Å². The van der Waals surface area contributed by atoms with Gasteiger partial charge in [0.1, 0.15) is 13.1 Å². The Morgan fingerprint density at radius 2 is 1.20 bits per heavy atom. The van der Waals surface area contributed by atoms with Crippen molar-refractivity contribution in [2.75, 3.05) is 25.4 Å². The number of hydrogen-bond acceptors (Lipinski definition) is 1. The van der Waals surface area contributed by atoms with Gasteiger partial charge in [-0.1, -0.05) is 26.2 Å². The topological polar surface area (TPSA) is 42.6 Å². The highest BCUT2D eigenvalue weighted by Crippen LogP contribution is 1.58. The molecule has 0 rings (SSSR count). The lowest BCUT2D eigenvalue weighted by molar-refractivity contribution is -0.632. The summed E-state index contributed by atoms with van der Waals surface area (Å²) in [5.74, 6) is 12.5. The summed E-state index contributed by atoms with van der Waals surface area (Å²) in [6.07, 6.45) is 24.8. The summed E-state index contributed by atoms with van der Waals surface area (Å²) in [7, 11) is 0. The maximum Gasteiger partial charge on any atom is 0.163 e. The molecule has 0 aromatic rings. The van der Waals surface area contributed by atoms with Crippen molar-refractivity contribution in [2.24, 2.45) is 5.73 Å². The van der Waals surface area contributed by atoms with Crippen LogP contribution in [0.4, 0.5) is 0 Å². The van der Waals surface area contributed by atoms with Crippen molar-refractivity contribution in [2.45, 2.75) is 20.8 Å². The van der Waals surface area contributed by atoms with Crippen molar-refractivity contribution >= 4 is 12.6 Å². The highest BCUT2D eigenvalue weighted by Gasteiger charge is 1.74. The Morgan fingerprint density at radius 3 is 1.30 bits per heavy atom. The number of rotatable bonds is 2. The molecule has 4 N–H and O–H groups in total. The summed E-state index contributed by atoms with van der Waals surface area (Å²) in [4.78, 5) is 0. The van der Waals surface area contributed by atoms with E-state index in [2.05, 4.69) is 48.7 Å². The van der Waals surface area contributed by atoms with Crippen LogP contribution in [0.25, 0.3) is 0 Å². The highest BCUT2D eigenvalue weighted by atomic mass is 32.1. The first-order valence-corrected chi connectivity index (χ1v) is 6.20. The van der Waals surface area contributed by atoms with Gasteiger partial charge in [-0.15, -0.1) is 38.0 Å². The lowest BCUT2D eigenvalue weighted by Gasteiger charge is -1.83. The van der Waals surface area contributed by atoms with E-state index in [-0.39, 0.29) is 7.43 Å². The highest BCUT2D eigenvalue weighted by molar-refractivity contribution is 7.58. The number of nitrogens with two attached hydrogens (primary N) is 2. The van der Waals surface area contributed by atoms with E-state index in [4.69, 9.17) is 31.4 Å². The molecule has 0 aromatic carbocycles. The number of terminal acetylenes is 5. The first kappa shape index (κ1) is 30.8. The van der Waals surface area contributed by atoms with Gasteiger partial charge in [-0.3, -0.25) is 0 Å².